The van der Waals surface area contributed by atoms with Gasteiger partial charge in [0.2, 0.25) is 0 Å². The fourth-order valence-corrected chi connectivity index (χ4v) is 6.32. The minimum atomic E-state index is -0.250. The lowest BCUT2D eigenvalue weighted by molar-refractivity contribution is -0.148. The highest BCUT2D eigenvalue weighted by Gasteiger charge is 2.10. The highest BCUT2D eigenvalue weighted by Crippen LogP contribution is 2.25. The molecule has 0 radical (unpaired) electrons. The third kappa shape index (κ3) is 61.3. The largest absolute Gasteiger partial charge is 0.483 e. The summed E-state index contributed by atoms with van der Waals surface area (Å²) in [5.41, 5.74) is 0. The van der Waals surface area contributed by atoms with Crippen LogP contribution in [0.5, 0.6) is 0 Å². The van der Waals surface area contributed by atoms with Gasteiger partial charge < -0.3 is 14.9 Å². The molecule has 2 N–H and O–H groups in total. The first-order valence-electron chi connectivity index (χ1n) is 22.8. The van der Waals surface area contributed by atoms with Gasteiger partial charge in [-0.05, 0) is 38.5 Å². The van der Waals surface area contributed by atoms with Gasteiger partial charge >= 0.3 is 5.97 Å². The number of unbranched alkanes of at least 4 members (excludes halogenated alkanes) is 23. The summed E-state index contributed by atoms with van der Waals surface area (Å²) >= 11 is 0. The van der Waals surface area contributed by atoms with Crippen LogP contribution in [-0.2, 0) is 14.3 Å². The molecule has 0 aromatic rings. The first-order valence-corrected chi connectivity index (χ1v) is 22.8. The standard InChI is InChI=1S/C25H52.C17H34O2.C3H8O.CH2O2/c1-4-7-10-13-16-19-22-25(23-20-17-14-11-8-5-2)24-21-18-15-12-9-6-3;1-4-6-8-10-11-12-14-16(3)19-17(18)15-13-9-7-5-2;1-2-3-4;2-1-3/h25H,4-24H2,1-3H3;16H,4-15H2,1-3H3;4H,2-3H2,1H3;1H,(H,2,3). The molecule has 0 heterocycles. The second-order valence-electron chi connectivity index (χ2n) is 15.0. The van der Waals surface area contributed by atoms with Gasteiger partial charge in [-0.25, -0.2) is 0 Å². The molecule has 51 heavy (non-hydrogen) atoms. The quantitative estimate of drug-likeness (QED) is 0.0386. The van der Waals surface area contributed by atoms with E-state index in [9.17, 15) is 4.79 Å². The minimum absolute atomic E-state index is 0.00501. The third-order valence-electron chi connectivity index (χ3n) is 9.65. The molecule has 0 rings (SSSR count). The van der Waals surface area contributed by atoms with E-state index >= 15 is 0 Å². The number of hydrogen-bond acceptors (Lipinski definition) is 4. The molecule has 0 aromatic carbocycles. The second kappa shape index (κ2) is 55.7. The summed E-state index contributed by atoms with van der Waals surface area (Å²) in [6.07, 6.45) is 45.8. The van der Waals surface area contributed by atoms with Crippen LogP contribution in [0.15, 0.2) is 0 Å². The first kappa shape index (κ1) is 56.6. The van der Waals surface area contributed by atoms with Crippen LogP contribution >= 0.6 is 0 Å². The van der Waals surface area contributed by atoms with Crippen molar-refractivity contribution < 1.29 is 24.5 Å². The summed E-state index contributed by atoms with van der Waals surface area (Å²) in [6.45, 7) is 15.4. The zero-order valence-electron chi connectivity index (χ0n) is 36.1. The second-order valence-corrected chi connectivity index (χ2v) is 15.0. The van der Waals surface area contributed by atoms with Gasteiger partial charge in [-0.3, -0.25) is 9.59 Å². The van der Waals surface area contributed by atoms with Crippen molar-refractivity contribution in [2.24, 2.45) is 5.92 Å². The Bertz CT molecular complexity index is 556. The normalized spacial score (nSPS) is 11.1. The van der Waals surface area contributed by atoms with Crippen LogP contribution in [0.4, 0.5) is 0 Å². The van der Waals surface area contributed by atoms with Crippen LogP contribution in [0, 0.1) is 5.92 Å². The van der Waals surface area contributed by atoms with Gasteiger partial charge in [0.15, 0.2) is 0 Å². The molecule has 5 heteroatoms. The SMILES string of the molecule is CCCCCCCCC(C)OC(=O)CCCCCC.CCCCCCCCC(CCCCCCCC)CCCCCCCC.CCCO.O=CO. The number of aliphatic hydroxyl groups excluding tert-OH is 1. The van der Waals surface area contributed by atoms with Crippen molar-refractivity contribution >= 4 is 12.4 Å². The number of esters is 1. The van der Waals surface area contributed by atoms with Gasteiger partial charge in [0, 0.05) is 13.0 Å². The molecule has 1 unspecified atom stereocenters. The van der Waals surface area contributed by atoms with E-state index in [1.54, 1.807) is 0 Å². The van der Waals surface area contributed by atoms with E-state index in [1.165, 1.54) is 186 Å². The van der Waals surface area contributed by atoms with E-state index in [0.29, 0.717) is 13.0 Å². The molecule has 0 aliphatic carbocycles. The van der Waals surface area contributed by atoms with Crippen LogP contribution in [0.2, 0.25) is 0 Å². The van der Waals surface area contributed by atoms with Crippen molar-refractivity contribution in [2.45, 2.75) is 273 Å². The number of carbonyl (C=O) groups excluding carboxylic acids is 1. The number of ether oxygens (including phenoxy) is 1. The van der Waals surface area contributed by atoms with Crippen LogP contribution < -0.4 is 0 Å². The van der Waals surface area contributed by atoms with Gasteiger partial charge in [0.05, 0.1) is 6.10 Å². The summed E-state index contributed by atoms with van der Waals surface area (Å²) in [6, 6.07) is 0. The molecule has 0 amide bonds. The Morgan fingerprint density at radius 2 is 0.725 bits per heavy atom. The number of rotatable bonds is 35. The highest BCUT2D eigenvalue weighted by atomic mass is 16.5. The maximum Gasteiger partial charge on any atom is 0.306 e. The molecule has 1 atom stereocenters. The predicted octanol–water partition coefficient (Wildman–Crippen LogP) is 15.6. The van der Waals surface area contributed by atoms with E-state index in [4.69, 9.17) is 19.7 Å². The number of hydrogen-bond donors (Lipinski definition) is 2. The van der Waals surface area contributed by atoms with Crippen molar-refractivity contribution in [3.8, 4) is 0 Å². The molecule has 0 aromatic heterocycles. The van der Waals surface area contributed by atoms with Crippen molar-refractivity contribution in [3.63, 3.8) is 0 Å². The molecule has 0 fully saturated rings. The molecule has 5 nitrogen and oxygen atoms in total. The minimum Gasteiger partial charge on any atom is -0.483 e. The summed E-state index contributed by atoms with van der Waals surface area (Å²) < 4.78 is 5.42. The molecular formula is C46H96O5. The number of carbonyl (C=O) groups is 2. The molecule has 310 valence electrons. The molecule has 0 saturated heterocycles. The van der Waals surface area contributed by atoms with E-state index in [1.807, 2.05) is 13.8 Å². The topological polar surface area (TPSA) is 83.8 Å². The van der Waals surface area contributed by atoms with Gasteiger partial charge in [-0.1, -0.05) is 228 Å². The zero-order valence-corrected chi connectivity index (χ0v) is 36.1. The average Bonchev–Trinajstić information content (AvgIpc) is 3.13. The van der Waals surface area contributed by atoms with Crippen molar-refractivity contribution in [1.82, 2.24) is 0 Å². The molecule has 0 aliphatic heterocycles. The fraction of sp³-hybridized carbons (Fsp3) is 0.957. The Kier molecular flexibility index (Phi) is 61.8. The summed E-state index contributed by atoms with van der Waals surface area (Å²) in [5.74, 6) is 1.04. The Morgan fingerprint density at radius 1 is 0.471 bits per heavy atom. The number of carboxylic acid groups (broad SMARTS) is 1. The summed E-state index contributed by atoms with van der Waals surface area (Å²) in [5, 5.41) is 14.8. The summed E-state index contributed by atoms with van der Waals surface area (Å²) in [7, 11) is 0. The van der Waals surface area contributed by atoms with Gasteiger partial charge in [-0.15, -0.1) is 0 Å². The Balaban J connectivity index is -0.000000374. The maximum atomic E-state index is 11.6. The average molecular weight is 729 g/mol. The molecular weight excluding hydrogens is 633 g/mol. The first-order chi connectivity index (χ1) is 24.9. The Hall–Kier alpha value is -1.10. The lowest BCUT2D eigenvalue weighted by atomic mass is 9.89. The lowest BCUT2D eigenvalue weighted by Gasteiger charge is -2.17. The molecule has 0 saturated carbocycles. The van der Waals surface area contributed by atoms with Crippen molar-refractivity contribution in [3.05, 3.63) is 0 Å². The molecule has 0 aliphatic rings. The fourth-order valence-electron chi connectivity index (χ4n) is 6.32. The van der Waals surface area contributed by atoms with Gasteiger partial charge in [0.1, 0.15) is 0 Å². The van der Waals surface area contributed by atoms with Gasteiger partial charge in [0.25, 0.3) is 6.47 Å². The maximum absolute atomic E-state index is 11.6. The predicted molar refractivity (Wildman–Crippen MR) is 226 cm³/mol. The van der Waals surface area contributed by atoms with E-state index < -0.39 is 0 Å². The van der Waals surface area contributed by atoms with Crippen LogP contribution in [0.1, 0.15) is 267 Å². The lowest BCUT2D eigenvalue weighted by Crippen LogP contribution is -2.14. The van der Waals surface area contributed by atoms with Crippen molar-refractivity contribution in [2.75, 3.05) is 6.61 Å². The molecule has 0 bridgehead atoms. The zero-order chi connectivity index (χ0) is 38.9. The Labute approximate surface area is 321 Å². The van der Waals surface area contributed by atoms with Crippen molar-refractivity contribution in [1.29, 1.82) is 0 Å². The van der Waals surface area contributed by atoms with Crippen LogP contribution in [0.25, 0.3) is 0 Å². The highest BCUT2D eigenvalue weighted by molar-refractivity contribution is 5.69. The van der Waals surface area contributed by atoms with E-state index in [2.05, 4.69) is 34.6 Å². The van der Waals surface area contributed by atoms with E-state index in [0.717, 1.165) is 31.6 Å². The van der Waals surface area contributed by atoms with Crippen LogP contribution in [-0.4, -0.2) is 35.4 Å². The smallest absolute Gasteiger partial charge is 0.306 e. The molecule has 0 spiro atoms. The summed E-state index contributed by atoms with van der Waals surface area (Å²) in [4.78, 5) is 19.9. The Morgan fingerprint density at radius 3 is 1.02 bits per heavy atom. The van der Waals surface area contributed by atoms with Crippen LogP contribution in [0.3, 0.4) is 0 Å². The van der Waals surface area contributed by atoms with Gasteiger partial charge in [-0.2, -0.15) is 0 Å². The third-order valence-corrected chi connectivity index (χ3v) is 9.65. The number of aliphatic hydroxyl groups is 1. The monoisotopic (exact) mass is 729 g/mol. The van der Waals surface area contributed by atoms with E-state index in [-0.39, 0.29) is 18.5 Å².